The van der Waals surface area contributed by atoms with Gasteiger partial charge in [-0.3, -0.25) is 0 Å². The Balaban J connectivity index is -0.000000144. The Morgan fingerprint density at radius 1 is 1.17 bits per heavy atom. The normalized spacial score (nSPS) is 10.1. The van der Waals surface area contributed by atoms with E-state index in [9.17, 15) is 0 Å². The van der Waals surface area contributed by atoms with Gasteiger partial charge in [0.1, 0.15) is 0 Å². The molecule has 66 valence electrons. The Hall–Kier alpha value is -0.927. The van der Waals surface area contributed by atoms with Crippen LogP contribution in [0.15, 0.2) is 50.1 Å². The minimum absolute atomic E-state index is 0. The second-order valence-corrected chi connectivity index (χ2v) is 1.29. The van der Waals surface area contributed by atoms with Crippen LogP contribution in [-0.4, -0.2) is 0 Å². The summed E-state index contributed by atoms with van der Waals surface area (Å²) in [5, 5.41) is 8.18. The van der Waals surface area contributed by atoms with Crippen LogP contribution in [0, 0.1) is 17.8 Å². The molecule has 1 aliphatic rings. The number of nitrogens with zero attached hydrogens (tertiary/aromatic N) is 1. The summed E-state index contributed by atoms with van der Waals surface area (Å²) >= 11 is 0. The van der Waals surface area contributed by atoms with E-state index in [1.54, 1.807) is 12.2 Å². The van der Waals surface area contributed by atoms with Gasteiger partial charge >= 0.3 is 0 Å². The molecule has 0 saturated carbocycles. The molecule has 0 spiro atoms. The van der Waals surface area contributed by atoms with Gasteiger partial charge in [-0.15, -0.1) is 26.3 Å². The van der Waals surface area contributed by atoms with Crippen molar-refractivity contribution in [2.45, 2.75) is 0 Å². The molecule has 0 atom stereocenters. The van der Waals surface area contributed by atoms with Crippen molar-refractivity contribution in [1.29, 1.82) is 5.26 Å². The van der Waals surface area contributed by atoms with Crippen LogP contribution >= 0.6 is 0 Å². The molecule has 2 heteroatoms. The number of rotatable bonds is 0. The molecule has 0 aromatic heterocycles. The molecule has 0 bridgehead atoms. The summed E-state index contributed by atoms with van der Waals surface area (Å²) in [6, 6.07) is 2.01. The summed E-state index contributed by atoms with van der Waals surface area (Å²) in [5.41, 5.74) is 0.736. The first-order chi connectivity index (χ1) is 5.43. The topological polar surface area (TPSA) is 23.8 Å². The van der Waals surface area contributed by atoms with Crippen LogP contribution in [0.25, 0.3) is 0 Å². The summed E-state index contributed by atoms with van der Waals surface area (Å²) in [6.45, 7) is 12.0. The van der Waals surface area contributed by atoms with Crippen LogP contribution in [0.5, 0.6) is 0 Å². The molecule has 0 fully saturated rings. The van der Waals surface area contributed by atoms with Crippen molar-refractivity contribution in [3.8, 4) is 6.07 Å². The van der Waals surface area contributed by atoms with E-state index >= 15 is 0 Å². The van der Waals surface area contributed by atoms with Crippen molar-refractivity contribution < 1.29 is 19.5 Å². The van der Waals surface area contributed by atoms with Gasteiger partial charge in [0.2, 0.25) is 0 Å². The Kier molecular flexibility index (Phi) is 23.8. The zero-order valence-electron chi connectivity index (χ0n) is 6.92. The van der Waals surface area contributed by atoms with E-state index < -0.39 is 0 Å². The molecule has 2 radical (unpaired) electrons. The summed E-state index contributed by atoms with van der Waals surface area (Å²) < 4.78 is 0. The fraction of sp³-hybridized carbons (Fsp3) is 0. The van der Waals surface area contributed by atoms with Crippen LogP contribution < -0.4 is 0 Å². The third-order valence-electron chi connectivity index (χ3n) is 0.792. The Morgan fingerprint density at radius 3 is 1.83 bits per heavy atom. The first-order valence-electron chi connectivity index (χ1n) is 3.05. The standard InChI is InChI=1S/C6H4N.2C2H4.Rh/c7-5-6-3-1-2-4-6;2*1-2;/h1-4H;2*1-2H2;. The minimum atomic E-state index is 0. The molecule has 1 aliphatic carbocycles. The maximum absolute atomic E-state index is 8.18. The van der Waals surface area contributed by atoms with Crippen molar-refractivity contribution in [3.63, 3.8) is 0 Å². The number of nitriles is 1. The average Bonchev–Trinajstić information content (AvgIpc) is 2.63. The van der Waals surface area contributed by atoms with E-state index in [0.717, 1.165) is 5.57 Å². The van der Waals surface area contributed by atoms with E-state index in [1.807, 2.05) is 18.6 Å². The predicted octanol–water partition coefficient (Wildman–Crippen LogP) is 2.81. The van der Waals surface area contributed by atoms with Crippen molar-refractivity contribution >= 4 is 0 Å². The predicted molar refractivity (Wildman–Crippen MR) is 49.6 cm³/mol. The summed E-state index contributed by atoms with van der Waals surface area (Å²) in [4.78, 5) is 0. The Labute approximate surface area is 87.5 Å². The van der Waals surface area contributed by atoms with Crippen molar-refractivity contribution in [2.75, 3.05) is 0 Å². The van der Waals surface area contributed by atoms with Crippen molar-refractivity contribution in [3.05, 3.63) is 56.5 Å². The van der Waals surface area contributed by atoms with E-state index in [2.05, 4.69) is 26.3 Å². The van der Waals surface area contributed by atoms with Gasteiger partial charge in [0.25, 0.3) is 0 Å². The smallest absolute Gasteiger partial charge is 0.0988 e. The largest absolute Gasteiger partial charge is 0.192 e. The first kappa shape index (κ1) is 17.2. The molecule has 1 rings (SSSR count). The molecule has 12 heavy (non-hydrogen) atoms. The number of hydrogen-bond donors (Lipinski definition) is 0. The number of allylic oxidation sites excluding steroid dienone is 4. The summed E-state index contributed by atoms with van der Waals surface area (Å²) in [6.07, 6.45) is 7.25. The SMILES string of the molecule is C=C.C=C.N#CC1=C[CH]C=C1.[Rh]. The first-order valence-corrected chi connectivity index (χ1v) is 3.05. The molecule has 0 aromatic carbocycles. The average molecular weight is 249 g/mol. The van der Waals surface area contributed by atoms with Crippen LogP contribution in [0.1, 0.15) is 0 Å². The second kappa shape index (κ2) is 16.6. The molecule has 0 N–H and O–H groups in total. The van der Waals surface area contributed by atoms with Gasteiger partial charge in [-0.2, -0.15) is 5.26 Å². The third kappa shape index (κ3) is 9.07. The molecule has 0 aromatic rings. The molecule has 0 amide bonds. The van der Waals surface area contributed by atoms with Crippen molar-refractivity contribution in [1.82, 2.24) is 0 Å². The third-order valence-corrected chi connectivity index (χ3v) is 0.792. The minimum Gasteiger partial charge on any atom is -0.192 e. The van der Waals surface area contributed by atoms with E-state index in [-0.39, 0.29) is 19.5 Å². The summed E-state index contributed by atoms with van der Waals surface area (Å²) in [5.74, 6) is 0. The van der Waals surface area contributed by atoms with E-state index in [1.165, 1.54) is 0 Å². The maximum Gasteiger partial charge on any atom is 0.0988 e. The molecule has 0 heterocycles. The molecule has 1 nitrogen and oxygen atoms in total. The zero-order valence-corrected chi connectivity index (χ0v) is 8.56. The molecular weight excluding hydrogens is 237 g/mol. The van der Waals surface area contributed by atoms with Gasteiger partial charge in [-0.1, -0.05) is 12.2 Å². The fourth-order valence-electron chi connectivity index (χ4n) is 0.449. The fourth-order valence-corrected chi connectivity index (χ4v) is 0.449. The summed E-state index contributed by atoms with van der Waals surface area (Å²) in [7, 11) is 0. The second-order valence-electron chi connectivity index (χ2n) is 1.29. The Morgan fingerprint density at radius 2 is 1.67 bits per heavy atom. The van der Waals surface area contributed by atoms with Gasteiger partial charge in [0, 0.05) is 31.5 Å². The van der Waals surface area contributed by atoms with Gasteiger partial charge in [0.15, 0.2) is 0 Å². The van der Waals surface area contributed by atoms with E-state index in [4.69, 9.17) is 5.26 Å². The molecule has 0 unspecified atom stereocenters. The molecule has 0 saturated heterocycles. The van der Waals surface area contributed by atoms with E-state index in [0.29, 0.717) is 0 Å². The Bertz CT molecular complexity index is 185. The monoisotopic (exact) mass is 249 g/mol. The molecule has 0 aliphatic heterocycles. The maximum atomic E-state index is 8.18. The van der Waals surface area contributed by atoms with Gasteiger partial charge in [0.05, 0.1) is 6.07 Å². The van der Waals surface area contributed by atoms with Gasteiger partial charge in [-0.25, -0.2) is 0 Å². The van der Waals surface area contributed by atoms with Gasteiger partial charge < -0.3 is 0 Å². The quantitative estimate of drug-likeness (QED) is 0.478. The van der Waals surface area contributed by atoms with Crippen molar-refractivity contribution in [2.24, 2.45) is 0 Å². The van der Waals surface area contributed by atoms with Gasteiger partial charge in [-0.05, 0) is 6.08 Å². The molecular formula is C10H12NRh. The van der Waals surface area contributed by atoms with Crippen LogP contribution in [-0.2, 0) is 19.5 Å². The number of hydrogen-bond acceptors (Lipinski definition) is 1. The van der Waals surface area contributed by atoms with Crippen LogP contribution in [0.3, 0.4) is 0 Å². The van der Waals surface area contributed by atoms with Crippen LogP contribution in [0.2, 0.25) is 0 Å². The zero-order chi connectivity index (χ0) is 9.11. The van der Waals surface area contributed by atoms with Crippen LogP contribution in [0.4, 0.5) is 0 Å².